The van der Waals surface area contributed by atoms with Crippen LogP contribution in [0.15, 0.2) is 18.2 Å². The van der Waals surface area contributed by atoms with Crippen LogP contribution in [0, 0.1) is 0 Å². The largest absolute Gasteiger partial charge is 0.324 e. The van der Waals surface area contributed by atoms with Crippen molar-refractivity contribution in [3.05, 3.63) is 23.2 Å². The fourth-order valence-electron chi connectivity index (χ4n) is 2.15. The fraction of sp³-hybridized carbons (Fsp3) is 0.333. The molecule has 0 unspecified atom stereocenters. The summed E-state index contributed by atoms with van der Waals surface area (Å²) in [6, 6.07) is 5.27. The van der Waals surface area contributed by atoms with Crippen molar-refractivity contribution >= 4 is 34.5 Å². The van der Waals surface area contributed by atoms with Crippen LogP contribution in [-0.2, 0) is 4.79 Å². The van der Waals surface area contributed by atoms with Crippen LogP contribution in [0.2, 0.25) is 5.02 Å². The molecule has 0 saturated carbocycles. The van der Waals surface area contributed by atoms with Gasteiger partial charge in [0, 0.05) is 5.02 Å². The summed E-state index contributed by atoms with van der Waals surface area (Å²) in [4.78, 5) is 19.2. The van der Waals surface area contributed by atoms with Gasteiger partial charge >= 0.3 is 0 Å². The van der Waals surface area contributed by atoms with Crippen LogP contribution >= 0.6 is 11.6 Å². The van der Waals surface area contributed by atoms with E-state index < -0.39 is 0 Å². The minimum Gasteiger partial charge on any atom is -0.324 e. The number of H-pyrrole nitrogens is 1. The molecule has 0 radical (unpaired) electrons. The molecule has 1 aromatic heterocycles. The van der Waals surface area contributed by atoms with Crippen molar-refractivity contribution in [2.24, 2.45) is 0 Å². The third-order valence-electron chi connectivity index (χ3n) is 3.06. The summed E-state index contributed by atoms with van der Waals surface area (Å²) in [6.07, 6.45) is 1.91. The Hall–Kier alpha value is -1.59. The molecule has 2 heterocycles. The van der Waals surface area contributed by atoms with E-state index in [1.807, 2.05) is 6.07 Å². The normalized spacial score (nSPS) is 19.3. The van der Waals surface area contributed by atoms with Gasteiger partial charge < -0.3 is 10.3 Å². The number of aromatic nitrogens is 2. The van der Waals surface area contributed by atoms with Crippen molar-refractivity contribution in [3.63, 3.8) is 0 Å². The first kappa shape index (κ1) is 11.5. The molecule has 1 saturated heterocycles. The van der Waals surface area contributed by atoms with Gasteiger partial charge in [-0.05, 0) is 37.6 Å². The second-order valence-corrected chi connectivity index (χ2v) is 4.82. The van der Waals surface area contributed by atoms with E-state index in [1.165, 1.54) is 0 Å². The quantitative estimate of drug-likeness (QED) is 0.776. The van der Waals surface area contributed by atoms with Crippen LogP contribution in [0.3, 0.4) is 0 Å². The van der Waals surface area contributed by atoms with Crippen molar-refractivity contribution in [1.29, 1.82) is 0 Å². The highest BCUT2D eigenvalue weighted by molar-refractivity contribution is 6.31. The maximum absolute atomic E-state index is 11.9. The third kappa shape index (κ3) is 2.19. The van der Waals surface area contributed by atoms with Gasteiger partial charge in [0.1, 0.15) is 0 Å². The molecule has 94 valence electrons. The number of carbonyl (C=O) groups is 1. The van der Waals surface area contributed by atoms with E-state index in [-0.39, 0.29) is 11.9 Å². The Labute approximate surface area is 109 Å². The van der Waals surface area contributed by atoms with Crippen molar-refractivity contribution in [3.8, 4) is 0 Å². The Morgan fingerprint density at radius 1 is 1.50 bits per heavy atom. The molecule has 3 rings (SSSR count). The number of amides is 1. The van der Waals surface area contributed by atoms with Gasteiger partial charge in [-0.15, -0.1) is 0 Å². The summed E-state index contributed by atoms with van der Waals surface area (Å²) in [5.74, 6) is 0.420. The van der Waals surface area contributed by atoms with Gasteiger partial charge in [-0.25, -0.2) is 4.98 Å². The molecule has 1 fully saturated rings. The second-order valence-electron chi connectivity index (χ2n) is 4.39. The monoisotopic (exact) mass is 264 g/mol. The lowest BCUT2D eigenvalue weighted by atomic mass is 10.2. The molecule has 6 heteroatoms. The van der Waals surface area contributed by atoms with Crippen LogP contribution < -0.4 is 10.6 Å². The first-order valence-electron chi connectivity index (χ1n) is 5.92. The number of rotatable bonds is 2. The predicted octanol–water partition coefficient (Wildman–Crippen LogP) is 1.91. The van der Waals surface area contributed by atoms with Crippen molar-refractivity contribution in [2.75, 3.05) is 11.9 Å². The number of fused-ring (bicyclic) bond motifs is 1. The summed E-state index contributed by atoms with van der Waals surface area (Å²) in [5, 5.41) is 6.57. The van der Waals surface area contributed by atoms with Crippen LogP contribution in [0.25, 0.3) is 11.0 Å². The molecule has 1 aliphatic heterocycles. The van der Waals surface area contributed by atoms with E-state index in [1.54, 1.807) is 12.1 Å². The van der Waals surface area contributed by atoms with E-state index in [0.717, 1.165) is 30.4 Å². The highest BCUT2D eigenvalue weighted by atomic mass is 35.5. The van der Waals surface area contributed by atoms with Crippen molar-refractivity contribution in [2.45, 2.75) is 18.9 Å². The molecule has 18 heavy (non-hydrogen) atoms. The second kappa shape index (κ2) is 4.59. The van der Waals surface area contributed by atoms with Crippen LogP contribution in [0.5, 0.6) is 0 Å². The Morgan fingerprint density at radius 2 is 2.39 bits per heavy atom. The van der Waals surface area contributed by atoms with Gasteiger partial charge in [0.2, 0.25) is 11.9 Å². The Balaban J connectivity index is 1.79. The van der Waals surface area contributed by atoms with Gasteiger partial charge in [-0.2, -0.15) is 0 Å². The average molecular weight is 265 g/mol. The Bertz CT molecular complexity index is 589. The number of hydrogen-bond acceptors (Lipinski definition) is 3. The van der Waals surface area contributed by atoms with Gasteiger partial charge in [-0.1, -0.05) is 11.6 Å². The lowest BCUT2D eigenvalue weighted by Gasteiger charge is -2.08. The van der Waals surface area contributed by atoms with Gasteiger partial charge in [-0.3, -0.25) is 10.1 Å². The number of aromatic amines is 1. The predicted molar refractivity (Wildman–Crippen MR) is 70.8 cm³/mol. The molecule has 0 aliphatic carbocycles. The summed E-state index contributed by atoms with van der Waals surface area (Å²) >= 11 is 5.89. The van der Waals surface area contributed by atoms with Crippen molar-refractivity contribution in [1.82, 2.24) is 15.3 Å². The lowest BCUT2D eigenvalue weighted by Crippen LogP contribution is -2.35. The molecular weight excluding hydrogens is 252 g/mol. The minimum absolute atomic E-state index is 0.0438. The number of halogens is 1. The third-order valence-corrected chi connectivity index (χ3v) is 3.30. The topological polar surface area (TPSA) is 69.8 Å². The van der Waals surface area contributed by atoms with Crippen LogP contribution in [-0.4, -0.2) is 28.5 Å². The van der Waals surface area contributed by atoms with Crippen LogP contribution in [0.4, 0.5) is 5.95 Å². The average Bonchev–Trinajstić information content (AvgIpc) is 2.95. The minimum atomic E-state index is -0.109. The van der Waals surface area contributed by atoms with Gasteiger partial charge in [0.15, 0.2) is 0 Å². The van der Waals surface area contributed by atoms with E-state index in [4.69, 9.17) is 11.6 Å². The number of nitrogens with one attached hydrogen (secondary N) is 3. The highest BCUT2D eigenvalue weighted by Crippen LogP contribution is 2.19. The van der Waals surface area contributed by atoms with Gasteiger partial charge in [0.05, 0.1) is 17.1 Å². The van der Waals surface area contributed by atoms with E-state index >= 15 is 0 Å². The fourth-order valence-corrected chi connectivity index (χ4v) is 2.33. The maximum atomic E-state index is 11.9. The highest BCUT2D eigenvalue weighted by Gasteiger charge is 2.22. The number of carbonyl (C=O) groups excluding carboxylic acids is 1. The summed E-state index contributed by atoms with van der Waals surface area (Å²) in [6.45, 7) is 0.897. The number of imidazole rings is 1. The number of anilines is 1. The summed E-state index contributed by atoms with van der Waals surface area (Å²) < 4.78 is 0. The Morgan fingerprint density at radius 3 is 3.17 bits per heavy atom. The molecule has 0 bridgehead atoms. The molecule has 2 aromatic rings. The van der Waals surface area contributed by atoms with Gasteiger partial charge in [0.25, 0.3) is 0 Å². The number of benzene rings is 1. The Kier molecular flexibility index (Phi) is 2.93. The molecular formula is C12H13ClN4O. The zero-order chi connectivity index (χ0) is 12.5. The summed E-state index contributed by atoms with van der Waals surface area (Å²) in [7, 11) is 0. The molecule has 5 nitrogen and oxygen atoms in total. The number of hydrogen-bond donors (Lipinski definition) is 3. The molecule has 3 N–H and O–H groups in total. The van der Waals surface area contributed by atoms with E-state index in [2.05, 4.69) is 20.6 Å². The molecule has 0 spiro atoms. The number of nitrogens with zero attached hydrogens (tertiary/aromatic N) is 1. The van der Waals surface area contributed by atoms with E-state index in [9.17, 15) is 4.79 Å². The summed E-state index contributed by atoms with van der Waals surface area (Å²) in [5.41, 5.74) is 1.60. The van der Waals surface area contributed by atoms with Crippen LogP contribution in [0.1, 0.15) is 12.8 Å². The molecule has 1 amide bonds. The maximum Gasteiger partial charge on any atom is 0.243 e. The van der Waals surface area contributed by atoms with E-state index in [0.29, 0.717) is 11.0 Å². The zero-order valence-electron chi connectivity index (χ0n) is 9.66. The standard InChI is InChI=1S/C12H13ClN4O/c13-7-3-4-8-10(6-7)16-12(15-8)17-11(18)9-2-1-5-14-9/h3-4,6,9,14H,1-2,5H2,(H2,15,16,17,18)/t9-/m0/s1. The molecule has 1 aliphatic rings. The first-order chi connectivity index (χ1) is 8.72. The first-order valence-corrected chi connectivity index (χ1v) is 6.30. The lowest BCUT2D eigenvalue weighted by molar-refractivity contribution is -0.117. The molecule has 1 atom stereocenters. The zero-order valence-corrected chi connectivity index (χ0v) is 10.4. The smallest absolute Gasteiger partial charge is 0.243 e. The van der Waals surface area contributed by atoms with Crippen molar-refractivity contribution < 1.29 is 4.79 Å². The SMILES string of the molecule is O=C(Nc1nc2ccc(Cl)cc2[nH]1)[C@@H]1CCCN1. The molecule has 1 aromatic carbocycles.